The maximum atomic E-state index is 10.4. The fourth-order valence-electron chi connectivity index (χ4n) is 4.05. The molecule has 3 rings (SSSR count). The van der Waals surface area contributed by atoms with E-state index in [9.17, 15) is 20.4 Å². The molecule has 0 aliphatic carbocycles. The second-order valence-electron chi connectivity index (χ2n) is 8.89. The van der Waals surface area contributed by atoms with Crippen molar-refractivity contribution in [1.82, 2.24) is 0 Å². The van der Waals surface area contributed by atoms with E-state index in [4.69, 9.17) is 10.5 Å². The Kier molecular flexibility index (Phi) is 8.90. The topological polar surface area (TPSA) is 116 Å². The molecule has 0 saturated carbocycles. The number of nitrogen functional groups attached to an aromatic ring is 1. The molecule has 6 atom stereocenters. The van der Waals surface area contributed by atoms with Gasteiger partial charge in [0.2, 0.25) is 0 Å². The Morgan fingerprint density at radius 1 is 1.03 bits per heavy atom. The maximum absolute atomic E-state index is 10.4. The second kappa shape index (κ2) is 11.6. The van der Waals surface area contributed by atoms with Crippen molar-refractivity contribution >= 4 is 5.69 Å². The lowest BCUT2D eigenvalue weighted by molar-refractivity contribution is -0.231. The van der Waals surface area contributed by atoms with Gasteiger partial charge in [-0.3, -0.25) is 0 Å². The van der Waals surface area contributed by atoms with Gasteiger partial charge in [-0.15, -0.1) is 0 Å². The molecular formula is C27H35NO5. The van der Waals surface area contributed by atoms with E-state index in [0.717, 1.165) is 23.1 Å². The van der Waals surface area contributed by atoms with E-state index in [0.29, 0.717) is 23.6 Å². The molecular weight excluding hydrogens is 418 g/mol. The van der Waals surface area contributed by atoms with E-state index in [2.05, 4.69) is 25.7 Å². The Hall–Kier alpha value is -2.40. The molecule has 1 aliphatic rings. The molecule has 0 bridgehead atoms. The van der Waals surface area contributed by atoms with Gasteiger partial charge >= 0.3 is 0 Å². The predicted molar refractivity (Wildman–Crippen MR) is 128 cm³/mol. The summed E-state index contributed by atoms with van der Waals surface area (Å²) in [6.07, 6.45) is -1.88. The van der Waals surface area contributed by atoms with Gasteiger partial charge in [-0.05, 0) is 47.7 Å². The molecule has 2 unspecified atom stereocenters. The number of nitrogens with two attached hydrogens (primary N) is 1. The van der Waals surface area contributed by atoms with Crippen LogP contribution in [0.1, 0.15) is 61.5 Å². The summed E-state index contributed by atoms with van der Waals surface area (Å²) >= 11 is 0. The Morgan fingerprint density at radius 3 is 2.42 bits per heavy atom. The third-order valence-corrected chi connectivity index (χ3v) is 6.19. The van der Waals surface area contributed by atoms with Crippen molar-refractivity contribution in [3.8, 4) is 11.8 Å². The zero-order valence-electron chi connectivity index (χ0n) is 19.3. The number of unbranched alkanes of at least 4 members (excludes halogenated alkanes) is 1. The van der Waals surface area contributed by atoms with Crippen LogP contribution in [-0.2, 0) is 11.2 Å². The fraction of sp³-hybridized carbons (Fsp3) is 0.481. The molecule has 1 fully saturated rings. The van der Waals surface area contributed by atoms with Crippen LogP contribution in [0.3, 0.4) is 0 Å². The van der Waals surface area contributed by atoms with Gasteiger partial charge in [0.05, 0.1) is 6.61 Å². The molecule has 0 spiro atoms. The van der Waals surface area contributed by atoms with E-state index in [1.54, 1.807) is 12.1 Å². The Morgan fingerprint density at radius 2 is 1.76 bits per heavy atom. The quantitative estimate of drug-likeness (QED) is 0.325. The van der Waals surface area contributed by atoms with Crippen LogP contribution in [-0.4, -0.2) is 51.4 Å². The zero-order valence-corrected chi connectivity index (χ0v) is 19.3. The number of aliphatic hydroxyl groups is 4. The van der Waals surface area contributed by atoms with Crippen molar-refractivity contribution in [2.75, 3.05) is 12.3 Å². The average molecular weight is 454 g/mol. The normalized spacial score (nSPS) is 25.8. The van der Waals surface area contributed by atoms with Gasteiger partial charge in [0.1, 0.15) is 30.5 Å². The van der Waals surface area contributed by atoms with E-state index < -0.39 is 37.1 Å². The lowest BCUT2D eigenvalue weighted by atomic mass is 9.89. The first-order valence-electron chi connectivity index (χ1n) is 11.6. The van der Waals surface area contributed by atoms with Crippen LogP contribution in [0.15, 0.2) is 42.5 Å². The van der Waals surface area contributed by atoms with Gasteiger partial charge in [-0.1, -0.05) is 62.8 Å². The standard InChI is InChI=1S/C27H35NO5/c1-3-4-5-17(2)6-7-18-8-10-19(11-9-18)14-21-15-20(12-13-22(21)28)27-26(32)25(31)24(30)23(16-29)33-27/h8-13,15,17,23-27,29-32H,3-5,14,16,28H2,1-2H3/t17?,23-,24-,25+,26?,27+/m1/s1. The first-order valence-corrected chi connectivity index (χ1v) is 11.6. The molecule has 178 valence electrons. The highest BCUT2D eigenvalue weighted by molar-refractivity contribution is 5.51. The summed E-state index contributed by atoms with van der Waals surface area (Å²) in [7, 11) is 0. The lowest BCUT2D eigenvalue weighted by Gasteiger charge is -2.40. The summed E-state index contributed by atoms with van der Waals surface area (Å²) in [5.74, 6) is 6.94. The Balaban J connectivity index is 1.73. The highest BCUT2D eigenvalue weighted by Crippen LogP contribution is 2.34. The van der Waals surface area contributed by atoms with Gasteiger partial charge in [0.15, 0.2) is 0 Å². The molecule has 33 heavy (non-hydrogen) atoms. The third-order valence-electron chi connectivity index (χ3n) is 6.19. The van der Waals surface area contributed by atoms with Crippen LogP contribution >= 0.6 is 0 Å². The van der Waals surface area contributed by atoms with Gasteiger partial charge in [0.25, 0.3) is 0 Å². The highest BCUT2D eigenvalue weighted by Gasteiger charge is 2.43. The maximum Gasteiger partial charge on any atom is 0.113 e. The Labute approximate surface area is 196 Å². The van der Waals surface area contributed by atoms with Crippen LogP contribution in [0.2, 0.25) is 0 Å². The molecule has 0 amide bonds. The number of benzene rings is 2. The van der Waals surface area contributed by atoms with E-state index in [1.165, 1.54) is 12.8 Å². The summed E-state index contributed by atoms with van der Waals surface area (Å²) in [6.45, 7) is 3.88. The number of ether oxygens (including phenoxy) is 1. The number of hydrogen-bond donors (Lipinski definition) is 5. The van der Waals surface area contributed by atoms with Gasteiger partial charge in [-0.25, -0.2) is 0 Å². The van der Waals surface area contributed by atoms with Gasteiger partial charge < -0.3 is 30.9 Å². The molecule has 2 aromatic carbocycles. The third kappa shape index (κ3) is 6.35. The van der Waals surface area contributed by atoms with Crippen molar-refractivity contribution in [2.24, 2.45) is 5.92 Å². The van der Waals surface area contributed by atoms with Crippen molar-refractivity contribution < 1.29 is 25.2 Å². The summed E-state index contributed by atoms with van der Waals surface area (Å²) in [5.41, 5.74) is 10.3. The molecule has 1 aliphatic heterocycles. The largest absolute Gasteiger partial charge is 0.398 e. The monoisotopic (exact) mass is 453 g/mol. The van der Waals surface area contributed by atoms with Crippen LogP contribution in [0.5, 0.6) is 0 Å². The minimum atomic E-state index is -1.42. The van der Waals surface area contributed by atoms with Crippen molar-refractivity contribution in [2.45, 2.75) is 70.1 Å². The second-order valence-corrected chi connectivity index (χ2v) is 8.89. The van der Waals surface area contributed by atoms with E-state index >= 15 is 0 Å². The molecule has 6 N–H and O–H groups in total. The molecule has 6 heteroatoms. The lowest BCUT2D eigenvalue weighted by Crippen LogP contribution is -2.55. The molecule has 0 aromatic heterocycles. The molecule has 6 nitrogen and oxygen atoms in total. The van der Waals surface area contributed by atoms with Crippen molar-refractivity contribution in [1.29, 1.82) is 0 Å². The number of anilines is 1. The molecule has 0 radical (unpaired) electrons. The minimum Gasteiger partial charge on any atom is -0.398 e. The Bertz CT molecular complexity index is 963. The number of aliphatic hydroxyl groups excluding tert-OH is 4. The fourth-order valence-corrected chi connectivity index (χ4v) is 4.05. The SMILES string of the molecule is CCCCC(C)C#Cc1ccc(Cc2cc([C@@H]3O[C@H](CO)[C@@H](O)[C@H](O)C3O)ccc2N)cc1. The highest BCUT2D eigenvalue weighted by atomic mass is 16.5. The first-order chi connectivity index (χ1) is 15.8. The molecule has 2 aromatic rings. The van der Waals surface area contributed by atoms with Crippen molar-refractivity contribution in [3.05, 3.63) is 64.7 Å². The summed E-state index contributed by atoms with van der Waals surface area (Å²) < 4.78 is 5.68. The summed E-state index contributed by atoms with van der Waals surface area (Å²) in [4.78, 5) is 0. The van der Waals surface area contributed by atoms with Crippen molar-refractivity contribution in [3.63, 3.8) is 0 Å². The van der Waals surface area contributed by atoms with Crippen LogP contribution in [0.4, 0.5) is 5.69 Å². The average Bonchev–Trinajstić information content (AvgIpc) is 2.82. The number of rotatable bonds is 7. The first kappa shape index (κ1) is 25.2. The van der Waals surface area contributed by atoms with Gasteiger partial charge in [0, 0.05) is 17.2 Å². The number of hydrogen-bond acceptors (Lipinski definition) is 6. The van der Waals surface area contributed by atoms with Gasteiger partial charge in [-0.2, -0.15) is 0 Å². The van der Waals surface area contributed by atoms with E-state index in [1.807, 2.05) is 30.3 Å². The smallest absolute Gasteiger partial charge is 0.113 e. The summed E-state index contributed by atoms with van der Waals surface area (Å²) in [6, 6.07) is 13.4. The zero-order chi connectivity index (χ0) is 24.0. The molecule has 1 saturated heterocycles. The summed E-state index contributed by atoms with van der Waals surface area (Å²) in [5, 5.41) is 40.0. The van der Waals surface area contributed by atoms with Crippen LogP contribution < -0.4 is 5.73 Å². The predicted octanol–water partition coefficient (Wildman–Crippen LogP) is 2.55. The molecule has 1 heterocycles. The minimum absolute atomic E-state index is 0.384. The van der Waals surface area contributed by atoms with Crippen LogP contribution in [0.25, 0.3) is 0 Å². The van der Waals surface area contributed by atoms with E-state index in [-0.39, 0.29) is 0 Å². The van der Waals surface area contributed by atoms with Crippen LogP contribution in [0, 0.1) is 17.8 Å².